The molecule has 4 nitrogen and oxygen atoms in total. The van der Waals surface area contributed by atoms with E-state index >= 15 is 0 Å². The molecule has 0 saturated carbocycles. The highest BCUT2D eigenvalue weighted by Crippen LogP contribution is 2.36. The zero-order chi connectivity index (χ0) is 13.4. The number of methoxy groups -OCH3 is 2. The topological polar surface area (TPSA) is 32.1 Å². The molecule has 0 atom stereocenters. The lowest BCUT2D eigenvalue weighted by molar-refractivity contribution is -0.896. The first-order chi connectivity index (χ1) is 8.76. The maximum absolute atomic E-state index is 5.81. The number of rotatable bonds is 8. The molecule has 1 rings (SSSR count). The Hall–Kier alpha value is -1.42. The Bertz CT molecular complexity index is 329. The van der Waals surface area contributed by atoms with E-state index in [9.17, 15) is 0 Å². The largest absolute Gasteiger partial charge is 0.493 e. The second-order valence-electron chi connectivity index (χ2n) is 4.05. The zero-order valence-electron chi connectivity index (χ0n) is 11.8. The molecule has 0 amide bonds. The van der Waals surface area contributed by atoms with Crippen LogP contribution in [0.1, 0.15) is 13.8 Å². The third-order valence-corrected chi connectivity index (χ3v) is 3.08. The second-order valence-corrected chi connectivity index (χ2v) is 4.05. The van der Waals surface area contributed by atoms with E-state index in [0.717, 1.165) is 19.6 Å². The Morgan fingerprint density at radius 3 is 2.00 bits per heavy atom. The minimum absolute atomic E-state index is 0.660. The van der Waals surface area contributed by atoms with Crippen LogP contribution in [0.4, 0.5) is 0 Å². The predicted molar refractivity (Wildman–Crippen MR) is 72.0 cm³/mol. The van der Waals surface area contributed by atoms with Crippen LogP contribution < -0.4 is 19.1 Å². The molecule has 18 heavy (non-hydrogen) atoms. The van der Waals surface area contributed by atoms with Gasteiger partial charge in [0.1, 0.15) is 13.2 Å². The predicted octanol–water partition coefficient (Wildman–Crippen LogP) is 1.01. The van der Waals surface area contributed by atoms with Crippen LogP contribution in [-0.4, -0.2) is 40.5 Å². The first-order valence-electron chi connectivity index (χ1n) is 6.44. The fourth-order valence-electron chi connectivity index (χ4n) is 1.86. The van der Waals surface area contributed by atoms with Crippen LogP contribution in [0.15, 0.2) is 18.2 Å². The van der Waals surface area contributed by atoms with Crippen LogP contribution in [0.5, 0.6) is 17.2 Å². The molecule has 102 valence electrons. The number of quaternary nitrogens is 1. The molecule has 0 aliphatic rings. The van der Waals surface area contributed by atoms with E-state index in [1.807, 2.05) is 18.2 Å². The van der Waals surface area contributed by atoms with Gasteiger partial charge in [-0.2, -0.15) is 0 Å². The van der Waals surface area contributed by atoms with Gasteiger partial charge in [-0.05, 0) is 26.0 Å². The Morgan fingerprint density at radius 2 is 1.56 bits per heavy atom. The lowest BCUT2D eigenvalue weighted by atomic mass is 10.3. The molecular weight excluding hydrogens is 230 g/mol. The number of nitrogens with one attached hydrogen (secondary N) is 1. The van der Waals surface area contributed by atoms with Gasteiger partial charge in [-0.1, -0.05) is 6.07 Å². The van der Waals surface area contributed by atoms with Crippen molar-refractivity contribution in [2.45, 2.75) is 13.8 Å². The van der Waals surface area contributed by atoms with Gasteiger partial charge in [-0.15, -0.1) is 0 Å². The van der Waals surface area contributed by atoms with E-state index in [-0.39, 0.29) is 0 Å². The van der Waals surface area contributed by atoms with Crippen molar-refractivity contribution in [3.63, 3.8) is 0 Å². The molecule has 0 aliphatic heterocycles. The van der Waals surface area contributed by atoms with Gasteiger partial charge in [0.25, 0.3) is 0 Å². The van der Waals surface area contributed by atoms with Gasteiger partial charge in [0.05, 0.1) is 27.3 Å². The standard InChI is InChI=1S/C14H23NO3/c1-5-15(6-2)10-11-18-14-12(16-3)8-7-9-13(14)17-4/h7-9H,5-6,10-11H2,1-4H3/p+1. The van der Waals surface area contributed by atoms with Crippen molar-refractivity contribution in [3.05, 3.63) is 18.2 Å². The van der Waals surface area contributed by atoms with Gasteiger partial charge < -0.3 is 19.1 Å². The number of likely N-dealkylation sites (N-methyl/N-ethyl adjacent to an activating group) is 1. The monoisotopic (exact) mass is 254 g/mol. The van der Waals surface area contributed by atoms with Crippen molar-refractivity contribution in [1.82, 2.24) is 0 Å². The zero-order valence-corrected chi connectivity index (χ0v) is 11.8. The van der Waals surface area contributed by atoms with E-state index in [0.29, 0.717) is 23.9 Å². The minimum Gasteiger partial charge on any atom is -0.493 e. The summed E-state index contributed by atoms with van der Waals surface area (Å²) in [6, 6.07) is 5.64. The van der Waals surface area contributed by atoms with Crippen LogP contribution >= 0.6 is 0 Å². The Balaban J connectivity index is 2.65. The maximum atomic E-state index is 5.81. The molecule has 0 spiro atoms. The molecule has 0 aromatic heterocycles. The van der Waals surface area contributed by atoms with Gasteiger partial charge >= 0.3 is 0 Å². The van der Waals surface area contributed by atoms with Crippen LogP contribution in [-0.2, 0) is 0 Å². The summed E-state index contributed by atoms with van der Waals surface area (Å²) in [5, 5.41) is 0. The van der Waals surface area contributed by atoms with Crippen LogP contribution in [0.25, 0.3) is 0 Å². The molecule has 0 heterocycles. The van der Waals surface area contributed by atoms with Gasteiger partial charge in [-0.25, -0.2) is 0 Å². The smallest absolute Gasteiger partial charge is 0.203 e. The summed E-state index contributed by atoms with van der Waals surface area (Å²) in [6.45, 7) is 8.23. The molecular formula is C14H24NO3+. The highest BCUT2D eigenvalue weighted by atomic mass is 16.5. The van der Waals surface area contributed by atoms with E-state index in [2.05, 4.69) is 13.8 Å². The molecule has 1 aromatic carbocycles. The highest BCUT2D eigenvalue weighted by molar-refractivity contribution is 5.51. The summed E-state index contributed by atoms with van der Waals surface area (Å²) in [5.74, 6) is 2.11. The fourth-order valence-corrected chi connectivity index (χ4v) is 1.86. The molecule has 1 aromatic rings. The molecule has 1 N–H and O–H groups in total. The molecule has 0 unspecified atom stereocenters. The summed E-state index contributed by atoms with van der Waals surface area (Å²) in [5.41, 5.74) is 0. The molecule has 0 radical (unpaired) electrons. The van der Waals surface area contributed by atoms with Crippen molar-refractivity contribution in [2.75, 3.05) is 40.5 Å². The summed E-state index contributed by atoms with van der Waals surface area (Å²) in [4.78, 5) is 1.52. The quantitative estimate of drug-likeness (QED) is 0.751. The van der Waals surface area contributed by atoms with E-state index in [4.69, 9.17) is 14.2 Å². The lowest BCUT2D eigenvalue weighted by Gasteiger charge is -2.17. The van der Waals surface area contributed by atoms with Crippen molar-refractivity contribution in [1.29, 1.82) is 0 Å². The molecule has 0 saturated heterocycles. The highest BCUT2D eigenvalue weighted by Gasteiger charge is 2.12. The average molecular weight is 254 g/mol. The number of hydrogen-bond acceptors (Lipinski definition) is 3. The summed E-state index contributed by atoms with van der Waals surface area (Å²) >= 11 is 0. The molecule has 0 bridgehead atoms. The van der Waals surface area contributed by atoms with Gasteiger partial charge in [0, 0.05) is 0 Å². The minimum atomic E-state index is 0.660. The average Bonchev–Trinajstić information content (AvgIpc) is 2.43. The molecule has 0 fully saturated rings. The second kappa shape index (κ2) is 7.82. The van der Waals surface area contributed by atoms with Crippen LogP contribution in [0, 0.1) is 0 Å². The van der Waals surface area contributed by atoms with E-state index in [1.165, 1.54) is 4.90 Å². The Labute approximate surface area is 109 Å². The first kappa shape index (κ1) is 14.6. The molecule has 0 aliphatic carbocycles. The Kier molecular flexibility index (Phi) is 6.36. The summed E-state index contributed by atoms with van der Waals surface area (Å²) in [7, 11) is 3.27. The van der Waals surface area contributed by atoms with Crippen LogP contribution in [0.3, 0.4) is 0 Å². The maximum Gasteiger partial charge on any atom is 0.203 e. The van der Waals surface area contributed by atoms with E-state index < -0.39 is 0 Å². The summed E-state index contributed by atoms with van der Waals surface area (Å²) in [6.07, 6.45) is 0. The van der Waals surface area contributed by atoms with Gasteiger partial charge in [0.15, 0.2) is 11.5 Å². The number of para-hydroxylation sites is 1. The third kappa shape index (κ3) is 3.81. The number of benzene rings is 1. The van der Waals surface area contributed by atoms with Crippen molar-refractivity contribution in [3.8, 4) is 17.2 Å². The summed E-state index contributed by atoms with van der Waals surface area (Å²) < 4.78 is 16.4. The van der Waals surface area contributed by atoms with Crippen molar-refractivity contribution >= 4 is 0 Å². The molecule has 4 heteroatoms. The van der Waals surface area contributed by atoms with Gasteiger partial charge in [0.2, 0.25) is 5.75 Å². The lowest BCUT2D eigenvalue weighted by Crippen LogP contribution is -3.12. The van der Waals surface area contributed by atoms with Crippen LogP contribution in [0.2, 0.25) is 0 Å². The van der Waals surface area contributed by atoms with Gasteiger partial charge in [-0.3, -0.25) is 0 Å². The number of hydrogen-bond donors (Lipinski definition) is 1. The first-order valence-corrected chi connectivity index (χ1v) is 6.44. The van der Waals surface area contributed by atoms with Crippen molar-refractivity contribution < 1.29 is 19.1 Å². The third-order valence-electron chi connectivity index (χ3n) is 3.08. The normalized spacial score (nSPS) is 10.5. The Morgan fingerprint density at radius 1 is 1.00 bits per heavy atom. The SMILES string of the molecule is CC[NH+](CC)CCOc1c(OC)cccc1OC. The number of ether oxygens (including phenoxy) is 3. The fraction of sp³-hybridized carbons (Fsp3) is 0.571. The van der Waals surface area contributed by atoms with E-state index in [1.54, 1.807) is 14.2 Å². The van der Waals surface area contributed by atoms with Crippen molar-refractivity contribution in [2.24, 2.45) is 0 Å².